The second-order valence-electron chi connectivity index (χ2n) is 2.82. The second kappa shape index (κ2) is 4.81. The summed E-state index contributed by atoms with van der Waals surface area (Å²) in [6, 6.07) is 1.72. The summed E-state index contributed by atoms with van der Waals surface area (Å²) >= 11 is 0. The quantitative estimate of drug-likeness (QED) is 0.723. The summed E-state index contributed by atoms with van der Waals surface area (Å²) < 4.78 is 4.53. The molecule has 1 aromatic heterocycles. The summed E-state index contributed by atoms with van der Waals surface area (Å²) in [6.07, 6.45) is 0. The minimum Gasteiger partial charge on any atom is -0.464 e. The molecule has 0 aliphatic rings. The molecule has 0 radical (unpaired) electrons. The van der Waals surface area contributed by atoms with Crippen LogP contribution < -0.4 is 5.73 Å². The SMILES string of the molecule is COC(=O)c1nc(C)c(C)cc1N.Cl. The molecule has 0 bridgehead atoms. The van der Waals surface area contributed by atoms with Gasteiger partial charge in [0.15, 0.2) is 5.69 Å². The number of aromatic nitrogens is 1. The maximum Gasteiger partial charge on any atom is 0.358 e. The highest BCUT2D eigenvalue weighted by Crippen LogP contribution is 2.14. The highest BCUT2D eigenvalue weighted by Gasteiger charge is 2.12. The fourth-order valence-corrected chi connectivity index (χ4v) is 0.987. The summed E-state index contributed by atoms with van der Waals surface area (Å²) in [7, 11) is 1.30. The largest absolute Gasteiger partial charge is 0.464 e. The smallest absolute Gasteiger partial charge is 0.358 e. The van der Waals surface area contributed by atoms with Crippen molar-refractivity contribution in [2.45, 2.75) is 13.8 Å². The third kappa shape index (κ3) is 2.35. The molecule has 0 saturated heterocycles. The van der Waals surface area contributed by atoms with E-state index in [-0.39, 0.29) is 18.1 Å². The Morgan fingerprint density at radius 3 is 2.57 bits per heavy atom. The predicted octanol–water partition coefficient (Wildman–Crippen LogP) is 1.49. The van der Waals surface area contributed by atoms with E-state index in [9.17, 15) is 4.79 Å². The van der Waals surface area contributed by atoms with Gasteiger partial charge in [0.1, 0.15) is 0 Å². The molecule has 0 amide bonds. The van der Waals surface area contributed by atoms with E-state index in [4.69, 9.17) is 5.73 Å². The van der Waals surface area contributed by atoms with Crippen molar-refractivity contribution < 1.29 is 9.53 Å². The predicted molar refractivity (Wildman–Crippen MR) is 56.7 cm³/mol. The Morgan fingerprint density at radius 1 is 1.50 bits per heavy atom. The van der Waals surface area contributed by atoms with Gasteiger partial charge in [0.05, 0.1) is 12.8 Å². The van der Waals surface area contributed by atoms with E-state index in [0.717, 1.165) is 11.3 Å². The summed E-state index contributed by atoms with van der Waals surface area (Å²) in [4.78, 5) is 15.2. The summed E-state index contributed by atoms with van der Waals surface area (Å²) in [5.74, 6) is -0.499. The number of halogens is 1. The lowest BCUT2D eigenvalue weighted by Crippen LogP contribution is -2.10. The van der Waals surface area contributed by atoms with Gasteiger partial charge in [-0.2, -0.15) is 0 Å². The van der Waals surface area contributed by atoms with Gasteiger partial charge in [0, 0.05) is 5.69 Å². The van der Waals surface area contributed by atoms with Crippen LogP contribution >= 0.6 is 12.4 Å². The highest BCUT2D eigenvalue weighted by molar-refractivity contribution is 5.92. The van der Waals surface area contributed by atoms with Crippen LogP contribution in [-0.4, -0.2) is 18.1 Å². The Kier molecular flexibility index (Phi) is 4.37. The Labute approximate surface area is 88.9 Å². The standard InChI is InChI=1S/C9H12N2O2.ClH/c1-5-4-7(10)8(9(12)13-3)11-6(5)2;/h4H,10H2,1-3H3;1H. The molecular weight excluding hydrogens is 204 g/mol. The number of anilines is 1. The lowest BCUT2D eigenvalue weighted by molar-refractivity contribution is 0.0595. The molecule has 0 aliphatic carbocycles. The number of nitrogen functional groups attached to an aromatic ring is 1. The summed E-state index contributed by atoms with van der Waals surface area (Å²) in [5, 5.41) is 0. The minimum atomic E-state index is -0.499. The number of nitrogens with two attached hydrogens (primary N) is 1. The first-order chi connectivity index (χ1) is 6.06. The molecule has 0 aromatic carbocycles. The zero-order chi connectivity index (χ0) is 10.0. The second-order valence-corrected chi connectivity index (χ2v) is 2.82. The number of rotatable bonds is 1. The van der Waals surface area contributed by atoms with Crippen molar-refractivity contribution in [1.29, 1.82) is 0 Å². The summed E-state index contributed by atoms with van der Waals surface area (Å²) in [5.41, 5.74) is 7.90. The van der Waals surface area contributed by atoms with Gasteiger partial charge in [0.2, 0.25) is 0 Å². The highest BCUT2D eigenvalue weighted by atomic mass is 35.5. The molecule has 1 rings (SSSR count). The van der Waals surface area contributed by atoms with Crippen molar-refractivity contribution in [2.24, 2.45) is 0 Å². The number of pyridine rings is 1. The molecule has 0 saturated carbocycles. The van der Waals surface area contributed by atoms with Crippen molar-refractivity contribution in [2.75, 3.05) is 12.8 Å². The molecule has 1 aromatic rings. The first-order valence-electron chi connectivity index (χ1n) is 3.88. The number of esters is 1. The van der Waals surface area contributed by atoms with Gasteiger partial charge in [0.25, 0.3) is 0 Å². The first-order valence-corrected chi connectivity index (χ1v) is 3.88. The number of carbonyl (C=O) groups is 1. The number of methoxy groups -OCH3 is 1. The number of ether oxygens (including phenoxy) is 1. The fraction of sp³-hybridized carbons (Fsp3) is 0.333. The van der Waals surface area contributed by atoms with Crippen LogP contribution in [-0.2, 0) is 4.74 Å². The lowest BCUT2D eigenvalue weighted by atomic mass is 10.2. The number of hydrogen-bond donors (Lipinski definition) is 1. The van der Waals surface area contributed by atoms with E-state index in [2.05, 4.69) is 9.72 Å². The Bertz CT molecular complexity index is 353. The zero-order valence-electron chi connectivity index (χ0n) is 8.33. The molecule has 78 valence electrons. The Hall–Kier alpha value is -1.29. The van der Waals surface area contributed by atoms with Gasteiger partial charge in [-0.3, -0.25) is 0 Å². The summed E-state index contributed by atoms with van der Waals surface area (Å²) in [6.45, 7) is 3.71. The van der Waals surface area contributed by atoms with Gasteiger partial charge >= 0.3 is 5.97 Å². The van der Waals surface area contributed by atoms with Crippen LogP contribution in [0.1, 0.15) is 21.7 Å². The topological polar surface area (TPSA) is 65.2 Å². The van der Waals surface area contributed by atoms with Gasteiger partial charge in [-0.05, 0) is 25.5 Å². The van der Waals surface area contributed by atoms with E-state index < -0.39 is 5.97 Å². The van der Waals surface area contributed by atoms with Crippen LogP contribution in [0.25, 0.3) is 0 Å². The van der Waals surface area contributed by atoms with Crippen molar-refractivity contribution in [3.05, 3.63) is 23.0 Å². The van der Waals surface area contributed by atoms with E-state index in [1.165, 1.54) is 7.11 Å². The van der Waals surface area contributed by atoms with Crippen LogP contribution in [0.2, 0.25) is 0 Å². The average molecular weight is 217 g/mol. The van der Waals surface area contributed by atoms with Gasteiger partial charge in [-0.25, -0.2) is 9.78 Å². The monoisotopic (exact) mass is 216 g/mol. The van der Waals surface area contributed by atoms with Gasteiger partial charge in [-0.1, -0.05) is 0 Å². The van der Waals surface area contributed by atoms with E-state index in [0.29, 0.717) is 5.69 Å². The van der Waals surface area contributed by atoms with Crippen LogP contribution in [0.15, 0.2) is 6.07 Å². The maximum atomic E-state index is 11.1. The third-order valence-electron chi connectivity index (χ3n) is 1.87. The number of nitrogens with zero attached hydrogens (tertiary/aromatic N) is 1. The number of carbonyl (C=O) groups excluding carboxylic acids is 1. The van der Waals surface area contributed by atoms with Crippen LogP contribution in [0.5, 0.6) is 0 Å². The van der Waals surface area contributed by atoms with Gasteiger partial charge < -0.3 is 10.5 Å². The van der Waals surface area contributed by atoms with E-state index in [1.54, 1.807) is 6.07 Å². The molecule has 0 atom stereocenters. The molecule has 0 unspecified atom stereocenters. The van der Waals surface area contributed by atoms with Crippen LogP contribution in [0.4, 0.5) is 5.69 Å². The van der Waals surface area contributed by atoms with E-state index in [1.807, 2.05) is 13.8 Å². The normalized spacial score (nSPS) is 9.07. The maximum absolute atomic E-state index is 11.1. The molecule has 0 aliphatic heterocycles. The molecule has 14 heavy (non-hydrogen) atoms. The van der Waals surface area contributed by atoms with Crippen molar-refractivity contribution in [3.63, 3.8) is 0 Å². The Morgan fingerprint density at radius 2 is 2.07 bits per heavy atom. The van der Waals surface area contributed by atoms with Crippen LogP contribution in [0.3, 0.4) is 0 Å². The zero-order valence-corrected chi connectivity index (χ0v) is 9.14. The number of hydrogen-bond acceptors (Lipinski definition) is 4. The number of aryl methyl sites for hydroxylation is 2. The lowest BCUT2D eigenvalue weighted by Gasteiger charge is -2.05. The van der Waals surface area contributed by atoms with Crippen molar-refractivity contribution in [3.8, 4) is 0 Å². The minimum absolute atomic E-state index is 0. The fourth-order valence-electron chi connectivity index (χ4n) is 0.987. The molecule has 1 heterocycles. The third-order valence-corrected chi connectivity index (χ3v) is 1.87. The molecular formula is C9H13ClN2O2. The average Bonchev–Trinajstić information content (AvgIpc) is 2.10. The first kappa shape index (κ1) is 12.7. The van der Waals surface area contributed by atoms with Gasteiger partial charge in [-0.15, -0.1) is 12.4 Å². The molecule has 0 fully saturated rings. The van der Waals surface area contributed by atoms with Crippen LogP contribution in [0, 0.1) is 13.8 Å². The van der Waals surface area contributed by atoms with Crippen molar-refractivity contribution in [1.82, 2.24) is 4.98 Å². The molecule has 5 heteroatoms. The van der Waals surface area contributed by atoms with Crippen molar-refractivity contribution >= 4 is 24.1 Å². The van der Waals surface area contributed by atoms with E-state index >= 15 is 0 Å². The molecule has 4 nitrogen and oxygen atoms in total. The Balaban J connectivity index is 0.00000169. The molecule has 2 N–H and O–H groups in total. The molecule has 0 spiro atoms.